The normalized spacial score (nSPS) is 25.7. The van der Waals surface area contributed by atoms with Gasteiger partial charge in [0.05, 0.1) is 40.3 Å². The Kier molecular flexibility index (Phi) is 8.18. The molecule has 2 saturated heterocycles. The van der Waals surface area contributed by atoms with Gasteiger partial charge in [0, 0.05) is 0 Å². The van der Waals surface area contributed by atoms with E-state index in [1.807, 2.05) is 0 Å². The van der Waals surface area contributed by atoms with Crippen LogP contribution in [-0.4, -0.2) is 73.5 Å². The molecule has 2 aliphatic rings. The standard InChI is InChI=1S/C17H36N2O.BrH/c1-18(11-7-3-4-8-12-18)15-17(20)16-19(2)13-9-5-6-10-14-19;/h17,20H,3-16H2,1-2H3;1H/q+2;/p-1. The second-order valence-corrected chi connectivity index (χ2v) is 7.98. The van der Waals surface area contributed by atoms with Gasteiger partial charge in [-0.2, -0.15) is 0 Å². The summed E-state index contributed by atoms with van der Waals surface area (Å²) in [5.41, 5.74) is 0. The molecule has 0 aromatic heterocycles. The van der Waals surface area contributed by atoms with Crippen LogP contribution in [0.1, 0.15) is 51.4 Å². The Bertz CT molecular complexity index is 255. The van der Waals surface area contributed by atoms with Gasteiger partial charge in [-0.25, -0.2) is 0 Å². The molecule has 2 fully saturated rings. The summed E-state index contributed by atoms with van der Waals surface area (Å²) in [4.78, 5) is 0. The lowest BCUT2D eigenvalue weighted by Crippen LogP contribution is -3.00. The van der Waals surface area contributed by atoms with E-state index in [1.165, 1.54) is 77.5 Å². The number of aliphatic hydroxyl groups is 1. The lowest BCUT2D eigenvalue weighted by atomic mass is 10.2. The van der Waals surface area contributed by atoms with Crippen LogP contribution in [0.4, 0.5) is 0 Å². The molecule has 0 spiro atoms. The first-order chi connectivity index (χ1) is 9.52. The zero-order valence-electron chi connectivity index (χ0n) is 14.2. The molecule has 0 aromatic carbocycles. The molecule has 3 nitrogen and oxygen atoms in total. The maximum Gasteiger partial charge on any atom is 0.152 e. The number of hydrogen-bond acceptors (Lipinski definition) is 1. The van der Waals surface area contributed by atoms with Gasteiger partial charge in [0.2, 0.25) is 0 Å². The summed E-state index contributed by atoms with van der Waals surface area (Å²) in [5, 5.41) is 10.6. The van der Waals surface area contributed by atoms with Gasteiger partial charge in [0.1, 0.15) is 13.1 Å². The maximum atomic E-state index is 10.6. The summed E-state index contributed by atoms with van der Waals surface area (Å²) in [5.74, 6) is 0. The van der Waals surface area contributed by atoms with Crippen molar-refractivity contribution in [2.24, 2.45) is 0 Å². The monoisotopic (exact) mass is 363 g/mol. The van der Waals surface area contributed by atoms with Crippen molar-refractivity contribution in [3.63, 3.8) is 0 Å². The molecule has 0 saturated carbocycles. The van der Waals surface area contributed by atoms with E-state index >= 15 is 0 Å². The molecule has 2 heterocycles. The molecular formula is C17H36BrN2O+. The lowest BCUT2D eigenvalue weighted by Gasteiger charge is -2.39. The number of likely N-dealkylation sites (N-methyl/N-ethyl adjacent to an activating group) is 2. The number of aliphatic hydroxyl groups excluding tert-OH is 1. The predicted molar refractivity (Wildman–Crippen MR) is 84.5 cm³/mol. The lowest BCUT2D eigenvalue weighted by molar-refractivity contribution is -0.932. The molecule has 0 atom stereocenters. The number of nitrogens with zero attached hydrogens (tertiary/aromatic N) is 2. The highest BCUT2D eigenvalue weighted by Crippen LogP contribution is 2.20. The van der Waals surface area contributed by atoms with E-state index in [0.717, 1.165) is 22.1 Å². The van der Waals surface area contributed by atoms with Gasteiger partial charge in [0.15, 0.2) is 6.10 Å². The summed E-state index contributed by atoms with van der Waals surface area (Å²) < 4.78 is 2.20. The first-order valence-electron chi connectivity index (χ1n) is 8.87. The third kappa shape index (κ3) is 6.55. The van der Waals surface area contributed by atoms with Crippen LogP contribution in [0.5, 0.6) is 0 Å². The van der Waals surface area contributed by atoms with Crippen LogP contribution in [0.3, 0.4) is 0 Å². The smallest absolute Gasteiger partial charge is 0.152 e. The minimum Gasteiger partial charge on any atom is -1.00 e. The van der Waals surface area contributed by atoms with Crippen molar-refractivity contribution < 1.29 is 31.1 Å². The van der Waals surface area contributed by atoms with E-state index in [1.54, 1.807) is 0 Å². The fraction of sp³-hybridized carbons (Fsp3) is 1.00. The van der Waals surface area contributed by atoms with Crippen molar-refractivity contribution in [2.45, 2.75) is 57.5 Å². The summed E-state index contributed by atoms with van der Waals surface area (Å²) in [7, 11) is 4.72. The molecule has 21 heavy (non-hydrogen) atoms. The third-order valence-electron chi connectivity index (χ3n) is 5.59. The van der Waals surface area contributed by atoms with Gasteiger partial charge >= 0.3 is 0 Å². The SMILES string of the molecule is C[N+]1(CC(O)C[N+]2(C)CCCCCC2)CCCCCC1.[Br-]. The van der Waals surface area contributed by atoms with Gasteiger partial charge in [-0.05, 0) is 51.4 Å². The van der Waals surface area contributed by atoms with Gasteiger partial charge in [-0.1, -0.05) is 0 Å². The Hall–Kier alpha value is 0.360. The fourth-order valence-corrected chi connectivity index (χ4v) is 4.35. The quantitative estimate of drug-likeness (QED) is 0.661. The van der Waals surface area contributed by atoms with Gasteiger partial charge in [-0.15, -0.1) is 0 Å². The second kappa shape index (κ2) is 8.85. The Morgan fingerprint density at radius 3 is 1.24 bits per heavy atom. The largest absolute Gasteiger partial charge is 1.00 e. The first kappa shape index (κ1) is 19.4. The highest BCUT2D eigenvalue weighted by molar-refractivity contribution is 4.60. The molecule has 1 N–H and O–H groups in total. The van der Waals surface area contributed by atoms with Crippen molar-refractivity contribution in [2.75, 3.05) is 53.4 Å². The van der Waals surface area contributed by atoms with Crippen molar-refractivity contribution in [3.05, 3.63) is 0 Å². The van der Waals surface area contributed by atoms with E-state index < -0.39 is 0 Å². The first-order valence-corrected chi connectivity index (χ1v) is 8.87. The van der Waals surface area contributed by atoms with Crippen LogP contribution < -0.4 is 17.0 Å². The number of rotatable bonds is 4. The second-order valence-electron chi connectivity index (χ2n) is 7.98. The molecule has 0 aromatic rings. The van der Waals surface area contributed by atoms with Crippen LogP contribution >= 0.6 is 0 Å². The Morgan fingerprint density at radius 2 is 0.952 bits per heavy atom. The number of halogens is 1. The van der Waals surface area contributed by atoms with E-state index in [0.29, 0.717) is 0 Å². The summed E-state index contributed by atoms with van der Waals surface area (Å²) in [6, 6.07) is 0. The molecule has 0 aliphatic carbocycles. The van der Waals surface area contributed by atoms with Crippen molar-refractivity contribution >= 4 is 0 Å². The minimum absolute atomic E-state index is 0. The minimum atomic E-state index is -0.124. The van der Waals surface area contributed by atoms with E-state index in [2.05, 4.69) is 14.1 Å². The molecular weight excluding hydrogens is 328 g/mol. The van der Waals surface area contributed by atoms with E-state index in [9.17, 15) is 5.11 Å². The van der Waals surface area contributed by atoms with E-state index in [4.69, 9.17) is 0 Å². The average Bonchev–Trinajstić information content (AvgIpc) is 2.69. The van der Waals surface area contributed by atoms with E-state index in [-0.39, 0.29) is 23.1 Å². The molecule has 0 radical (unpaired) electrons. The zero-order valence-corrected chi connectivity index (χ0v) is 15.8. The molecule has 2 rings (SSSR count). The summed E-state index contributed by atoms with van der Waals surface area (Å²) in [6.07, 6.45) is 10.8. The van der Waals surface area contributed by atoms with Crippen molar-refractivity contribution in [3.8, 4) is 0 Å². The molecule has 0 unspecified atom stereocenters. The summed E-state index contributed by atoms with van der Waals surface area (Å²) in [6.45, 7) is 6.99. The van der Waals surface area contributed by atoms with Crippen LogP contribution in [0.15, 0.2) is 0 Å². The van der Waals surface area contributed by atoms with Gasteiger partial charge < -0.3 is 31.1 Å². The Morgan fingerprint density at radius 1 is 0.667 bits per heavy atom. The molecule has 126 valence electrons. The Labute approximate surface area is 142 Å². The third-order valence-corrected chi connectivity index (χ3v) is 5.59. The number of likely N-dealkylation sites (tertiary alicyclic amines) is 2. The van der Waals surface area contributed by atoms with Crippen LogP contribution in [-0.2, 0) is 0 Å². The zero-order chi connectivity index (χ0) is 14.5. The van der Waals surface area contributed by atoms with Crippen molar-refractivity contribution in [1.82, 2.24) is 0 Å². The summed E-state index contributed by atoms with van der Waals surface area (Å²) >= 11 is 0. The Balaban J connectivity index is 0.00000220. The maximum absolute atomic E-state index is 10.6. The highest BCUT2D eigenvalue weighted by Gasteiger charge is 2.32. The molecule has 0 bridgehead atoms. The van der Waals surface area contributed by atoms with Crippen LogP contribution in [0.2, 0.25) is 0 Å². The predicted octanol–water partition coefficient (Wildman–Crippen LogP) is -0.607. The van der Waals surface area contributed by atoms with Crippen LogP contribution in [0.25, 0.3) is 0 Å². The number of quaternary nitrogens is 2. The molecule has 0 amide bonds. The van der Waals surface area contributed by atoms with Crippen molar-refractivity contribution in [1.29, 1.82) is 0 Å². The van der Waals surface area contributed by atoms with Gasteiger partial charge in [-0.3, -0.25) is 0 Å². The highest BCUT2D eigenvalue weighted by atomic mass is 79.9. The molecule has 4 heteroatoms. The molecule has 2 aliphatic heterocycles. The van der Waals surface area contributed by atoms with Gasteiger partial charge in [0.25, 0.3) is 0 Å². The number of hydrogen-bond donors (Lipinski definition) is 1. The van der Waals surface area contributed by atoms with Crippen LogP contribution in [0, 0.1) is 0 Å². The topological polar surface area (TPSA) is 20.2 Å². The average molecular weight is 364 g/mol. The fourth-order valence-electron chi connectivity index (χ4n) is 4.35.